The number of aliphatic hydroxyl groups is 1. The molecule has 1 unspecified atom stereocenters. The Kier molecular flexibility index (Phi) is 3.84. The van der Waals surface area contributed by atoms with Gasteiger partial charge >= 0.3 is 0 Å². The first kappa shape index (κ1) is 13.6. The average Bonchev–Trinajstić information content (AvgIpc) is 3.04. The summed E-state index contributed by atoms with van der Waals surface area (Å²) in [5, 5.41) is 10.5. The predicted octanol–water partition coefficient (Wildman–Crippen LogP) is 3.65. The fourth-order valence-corrected chi connectivity index (χ4v) is 2.48. The molecule has 3 aromatic rings. The summed E-state index contributed by atoms with van der Waals surface area (Å²) in [6, 6.07) is 18.2. The Bertz CT molecular complexity index is 702. The van der Waals surface area contributed by atoms with E-state index in [0.29, 0.717) is 0 Å². The molecule has 0 saturated carbocycles. The standard InChI is InChI=1S/C18H18N2O/c1-2-20-13-19-12-17(20)18(21)16-10-8-15(9-11-16)14-6-4-3-5-7-14/h3-13,18,21H,2H2,1H3. The van der Waals surface area contributed by atoms with Gasteiger partial charge in [-0.2, -0.15) is 0 Å². The van der Waals surface area contributed by atoms with Crippen LogP contribution >= 0.6 is 0 Å². The van der Waals surface area contributed by atoms with E-state index in [1.165, 1.54) is 5.56 Å². The number of hydrogen-bond donors (Lipinski definition) is 1. The second-order valence-corrected chi connectivity index (χ2v) is 5.00. The highest BCUT2D eigenvalue weighted by Gasteiger charge is 2.14. The van der Waals surface area contributed by atoms with E-state index in [1.54, 1.807) is 12.5 Å². The number of nitrogens with zero attached hydrogens (tertiary/aromatic N) is 2. The van der Waals surface area contributed by atoms with E-state index in [0.717, 1.165) is 23.4 Å². The van der Waals surface area contributed by atoms with Crippen LogP contribution in [0.2, 0.25) is 0 Å². The number of benzene rings is 2. The Hall–Kier alpha value is -2.39. The predicted molar refractivity (Wildman–Crippen MR) is 83.8 cm³/mol. The Morgan fingerprint density at radius 3 is 2.33 bits per heavy atom. The lowest BCUT2D eigenvalue weighted by Crippen LogP contribution is -2.07. The van der Waals surface area contributed by atoms with Crippen LogP contribution in [0.25, 0.3) is 11.1 Å². The Balaban J connectivity index is 1.87. The van der Waals surface area contributed by atoms with E-state index < -0.39 is 6.10 Å². The van der Waals surface area contributed by atoms with Gasteiger partial charge in [-0.1, -0.05) is 54.6 Å². The normalized spacial score (nSPS) is 12.3. The molecule has 21 heavy (non-hydrogen) atoms. The Morgan fingerprint density at radius 2 is 1.67 bits per heavy atom. The molecule has 3 rings (SSSR count). The minimum absolute atomic E-state index is 0.641. The van der Waals surface area contributed by atoms with Gasteiger partial charge in [-0.25, -0.2) is 4.98 Å². The number of aliphatic hydroxyl groups excluding tert-OH is 1. The van der Waals surface area contributed by atoms with Gasteiger partial charge in [-0.05, 0) is 23.6 Å². The number of imidazole rings is 1. The molecule has 0 aliphatic rings. The second kappa shape index (κ2) is 5.94. The van der Waals surface area contributed by atoms with Crippen molar-refractivity contribution in [3.05, 3.63) is 78.4 Å². The van der Waals surface area contributed by atoms with Crippen LogP contribution in [-0.4, -0.2) is 14.7 Å². The van der Waals surface area contributed by atoms with E-state index in [9.17, 15) is 5.11 Å². The van der Waals surface area contributed by atoms with Gasteiger partial charge in [0.2, 0.25) is 0 Å². The van der Waals surface area contributed by atoms with Crippen LogP contribution in [0.5, 0.6) is 0 Å². The van der Waals surface area contributed by atoms with Gasteiger partial charge in [0.25, 0.3) is 0 Å². The molecule has 2 aromatic carbocycles. The maximum Gasteiger partial charge on any atom is 0.121 e. The topological polar surface area (TPSA) is 38.0 Å². The molecule has 0 radical (unpaired) electrons. The third kappa shape index (κ3) is 2.73. The van der Waals surface area contributed by atoms with Crippen LogP contribution in [0, 0.1) is 0 Å². The first-order chi connectivity index (χ1) is 10.3. The highest BCUT2D eigenvalue weighted by molar-refractivity contribution is 5.63. The van der Waals surface area contributed by atoms with Gasteiger partial charge in [0.1, 0.15) is 6.10 Å². The molecule has 0 aliphatic heterocycles. The Morgan fingerprint density at radius 1 is 1.00 bits per heavy atom. The molecule has 3 heteroatoms. The number of aromatic nitrogens is 2. The van der Waals surface area contributed by atoms with Crippen LogP contribution in [0.15, 0.2) is 67.1 Å². The van der Waals surface area contributed by atoms with Gasteiger partial charge in [-0.15, -0.1) is 0 Å². The molecule has 0 saturated heterocycles. The number of hydrogen-bond acceptors (Lipinski definition) is 2. The summed E-state index contributed by atoms with van der Waals surface area (Å²) in [6.07, 6.45) is 2.83. The van der Waals surface area contributed by atoms with Crippen molar-refractivity contribution in [2.24, 2.45) is 0 Å². The van der Waals surface area contributed by atoms with Crippen LogP contribution in [0.4, 0.5) is 0 Å². The van der Waals surface area contributed by atoms with Crippen molar-refractivity contribution in [2.45, 2.75) is 19.6 Å². The van der Waals surface area contributed by atoms with E-state index in [1.807, 2.05) is 54.0 Å². The van der Waals surface area contributed by atoms with E-state index in [4.69, 9.17) is 0 Å². The lowest BCUT2D eigenvalue weighted by molar-refractivity contribution is 0.210. The van der Waals surface area contributed by atoms with E-state index >= 15 is 0 Å². The molecule has 1 aromatic heterocycles. The van der Waals surface area contributed by atoms with Crippen molar-refractivity contribution in [3.8, 4) is 11.1 Å². The first-order valence-electron chi connectivity index (χ1n) is 7.13. The smallest absolute Gasteiger partial charge is 0.121 e. The van der Waals surface area contributed by atoms with Crippen molar-refractivity contribution in [1.82, 2.24) is 9.55 Å². The zero-order valence-corrected chi connectivity index (χ0v) is 12.0. The molecular weight excluding hydrogens is 260 g/mol. The highest BCUT2D eigenvalue weighted by atomic mass is 16.3. The molecule has 106 valence electrons. The summed E-state index contributed by atoms with van der Waals surface area (Å²) in [5.74, 6) is 0. The molecule has 0 fully saturated rings. The molecule has 1 N–H and O–H groups in total. The molecule has 0 amide bonds. The van der Waals surface area contributed by atoms with Gasteiger partial charge in [0.05, 0.1) is 18.2 Å². The molecule has 0 spiro atoms. The van der Waals surface area contributed by atoms with Gasteiger partial charge < -0.3 is 9.67 Å². The maximum atomic E-state index is 10.5. The van der Waals surface area contributed by atoms with Gasteiger partial charge in [0, 0.05) is 6.54 Å². The summed E-state index contributed by atoms with van der Waals surface area (Å²) in [6.45, 7) is 2.84. The van der Waals surface area contributed by atoms with Crippen molar-refractivity contribution < 1.29 is 5.11 Å². The monoisotopic (exact) mass is 278 g/mol. The van der Waals surface area contributed by atoms with Crippen molar-refractivity contribution in [3.63, 3.8) is 0 Å². The first-order valence-corrected chi connectivity index (χ1v) is 7.13. The van der Waals surface area contributed by atoms with Crippen LogP contribution < -0.4 is 0 Å². The van der Waals surface area contributed by atoms with Crippen molar-refractivity contribution in [1.29, 1.82) is 0 Å². The number of aryl methyl sites for hydroxylation is 1. The number of rotatable bonds is 4. The SMILES string of the molecule is CCn1cncc1C(O)c1ccc(-c2ccccc2)cc1. The second-order valence-electron chi connectivity index (χ2n) is 5.00. The van der Waals surface area contributed by atoms with E-state index in [2.05, 4.69) is 17.1 Å². The van der Waals surface area contributed by atoms with Crippen LogP contribution in [-0.2, 0) is 6.54 Å². The molecule has 1 atom stereocenters. The zero-order chi connectivity index (χ0) is 14.7. The van der Waals surface area contributed by atoms with Crippen LogP contribution in [0.1, 0.15) is 24.3 Å². The highest BCUT2D eigenvalue weighted by Crippen LogP contribution is 2.25. The molecule has 0 bridgehead atoms. The summed E-state index contributed by atoms with van der Waals surface area (Å²) in [7, 11) is 0. The molecular formula is C18H18N2O. The average molecular weight is 278 g/mol. The summed E-state index contributed by atoms with van der Waals surface area (Å²) in [4.78, 5) is 4.11. The summed E-state index contributed by atoms with van der Waals surface area (Å²) >= 11 is 0. The van der Waals surface area contributed by atoms with Crippen LogP contribution in [0.3, 0.4) is 0 Å². The quantitative estimate of drug-likeness (QED) is 0.791. The minimum atomic E-state index is -0.641. The summed E-state index contributed by atoms with van der Waals surface area (Å²) < 4.78 is 1.95. The van der Waals surface area contributed by atoms with E-state index in [-0.39, 0.29) is 0 Å². The lowest BCUT2D eigenvalue weighted by Gasteiger charge is -2.13. The van der Waals surface area contributed by atoms with Crippen molar-refractivity contribution in [2.75, 3.05) is 0 Å². The summed E-state index contributed by atoms with van der Waals surface area (Å²) in [5.41, 5.74) is 4.03. The van der Waals surface area contributed by atoms with Crippen molar-refractivity contribution >= 4 is 0 Å². The largest absolute Gasteiger partial charge is 0.382 e. The molecule has 0 aliphatic carbocycles. The molecule has 3 nitrogen and oxygen atoms in total. The lowest BCUT2D eigenvalue weighted by atomic mass is 10.0. The Labute approximate surface area is 124 Å². The third-order valence-electron chi connectivity index (χ3n) is 3.70. The molecule has 1 heterocycles. The zero-order valence-electron chi connectivity index (χ0n) is 12.0. The third-order valence-corrected chi connectivity index (χ3v) is 3.70. The van der Waals surface area contributed by atoms with Gasteiger partial charge in [0.15, 0.2) is 0 Å². The fraction of sp³-hybridized carbons (Fsp3) is 0.167. The van der Waals surface area contributed by atoms with Gasteiger partial charge in [-0.3, -0.25) is 0 Å². The minimum Gasteiger partial charge on any atom is -0.382 e. The maximum absolute atomic E-state index is 10.5. The fourth-order valence-electron chi connectivity index (χ4n) is 2.48.